The number of hydrogen-bond donors (Lipinski definition) is 2. The maximum Gasteiger partial charge on any atom is 0.0664 e. The van der Waals surface area contributed by atoms with Crippen LogP contribution in [0.1, 0.15) is 33.1 Å². The summed E-state index contributed by atoms with van der Waals surface area (Å²) in [5.41, 5.74) is 0. The molecule has 1 aliphatic heterocycles. The van der Waals surface area contributed by atoms with E-state index < -0.39 is 0 Å². The average molecular weight is 201 g/mol. The van der Waals surface area contributed by atoms with Crippen LogP contribution in [0.3, 0.4) is 0 Å². The highest BCUT2D eigenvalue weighted by Gasteiger charge is 2.25. The standard InChI is InChI=1S/C11H23NO2/c1-3-11(14)7-12-6-10(8-13)5-4-9(12)2/h9-11,13-14H,3-8H2,1-2H3/t9-,10+,11+/m1/s1. The Morgan fingerprint density at radius 2 is 2.14 bits per heavy atom. The lowest BCUT2D eigenvalue weighted by Gasteiger charge is -2.38. The van der Waals surface area contributed by atoms with E-state index in [1.54, 1.807) is 0 Å². The van der Waals surface area contributed by atoms with Crippen LogP contribution in [0.5, 0.6) is 0 Å². The van der Waals surface area contributed by atoms with Gasteiger partial charge in [-0.1, -0.05) is 6.92 Å². The molecule has 84 valence electrons. The van der Waals surface area contributed by atoms with Gasteiger partial charge in [0.1, 0.15) is 0 Å². The molecule has 0 aromatic carbocycles. The molecule has 3 heteroatoms. The normalized spacial score (nSPS) is 31.7. The van der Waals surface area contributed by atoms with E-state index in [1.807, 2.05) is 6.92 Å². The van der Waals surface area contributed by atoms with Gasteiger partial charge in [0.05, 0.1) is 6.10 Å². The van der Waals surface area contributed by atoms with Gasteiger partial charge in [0.15, 0.2) is 0 Å². The van der Waals surface area contributed by atoms with Crippen LogP contribution >= 0.6 is 0 Å². The molecule has 2 N–H and O–H groups in total. The number of aliphatic hydroxyl groups is 2. The largest absolute Gasteiger partial charge is 0.396 e. The fourth-order valence-electron chi connectivity index (χ4n) is 2.07. The van der Waals surface area contributed by atoms with Gasteiger partial charge in [-0.15, -0.1) is 0 Å². The molecule has 0 spiro atoms. The minimum Gasteiger partial charge on any atom is -0.396 e. The van der Waals surface area contributed by atoms with Crippen molar-refractivity contribution in [3.63, 3.8) is 0 Å². The predicted molar refractivity (Wildman–Crippen MR) is 57.1 cm³/mol. The van der Waals surface area contributed by atoms with Crippen molar-refractivity contribution in [2.75, 3.05) is 19.7 Å². The van der Waals surface area contributed by atoms with Gasteiger partial charge in [-0.25, -0.2) is 0 Å². The summed E-state index contributed by atoms with van der Waals surface area (Å²) >= 11 is 0. The molecule has 1 aliphatic rings. The number of likely N-dealkylation sites (tertiary alicyclic amines) is 1. The predicted octanol–water partition coefficient (Wildman–Crippen LogP) is 0.850. The number of hydrogen-bond acceptors (Lipinski definition) is 3. The van der Waals surface area contributed by atoms with Crippen LogP contribution in [0.25, 0.3) is 0 Å². The van der Waals surface area contributed by atoms with E-state index in [-0.39, 0.29) is 12.7 Å². The number of β-amino-alcohol motifs (C(OH)–C–C–N with tert-alkyl or cyclic N) is 1. The molecule has 0 saturated carbocycles. The van der Waals surface area contributed by atoms with Crippen LogP contribution in [0.4, 0.5) is 0 Å². The molecule has 3 nitrogen and oxygen atoms in total. The fourth-order valence-corrected chi connectivity index (χ4v) is 2.07. The first-order chi connectivity index (χ1) is 6.67. The second-order valence-electron chi connectivity index (χ2n) is 4.49. The number of nitrogens with zero attached hydrogens (tertiary/aromatic N) is 1. The molecule has 0 aromatic heterocycles. The van der Waals surface area contributed by atoms with Crippen molar-refractivity contribution in [3.8, 4) is 0 Å². The monoisotopic (exact) mass is 201 g/mol. The third-order valence-corrected chi connectivity index (χ3v) is 3.28. The number of piperidine rings is 1. The molecular weight excluding hydrogens is 178 g/mol. The summed E-state index contributed by atoms with van der Waals surface area (Å²) in [6.45, 7) is 6.19. The Morgan fingerprint density at radius 1 is 1.43 bits per heavy atom. The Labute approximate surface area is 86.7 Å². The van der Waals surface area contributed by atoms with Gasteiger partial charge in [0.25, 0.3) is 0 Å². The summed E-state index contributed by atoms with van der Waals surface area (Å²) in [6, 6.07) is 0.555. The number of rotatable bonds is 4. The maximum atomic E-state index is 9.58. The van der Waals surface area contributed by atoms with Gasteiger partial charge in [-0.3, -0.25) is 4.90 Å². The Hall–Kier alpha value is -0.120. The quantitative estimate of drug-likeness (QED) is 0.708. The van der Waals surface area contributed by atoms with Crippen LogP contribution in [0.15, 0.2) is 0 Å². The molecule has 1 saturated heterocycles. The Kier molecular flexibility index (Phi) is 4.85. The maximum absolute atomic E-state index is 9.58. The van der Waals surface area contributed by atoms with Crippen molar-refractivity contribution in [1.82, 2.24) is 4.90 Å². The topological polar surface area (TPSA) is 43.7 Å². The van der Waals surface area contributed by atoms with Gasteiger partial charge < -0.3 is 10.2 Å². The Balaban J connectivity index is 2.40. The molecule has 1 heterocycles. The summed E-state index contributed by atoms with van der Waals surface area (Å²) in [6.07, 6.45) is 2.86. The molecule has 3 atom stereocenters. The highest BCUT2D eigenvalue weighted by atomic mass is 16.3. The van der Waals surface area contributed by atoms with Gasteiger partial charge >= 0.3 is 0 Å². The van der Waals surface area contributed by atoms with Gasteiger partial charge in [-0.2, -0.15) is 0 Å². The molecule has 0 amide bonds. The van der Waals surface area contributed by atoms with Gasteiger partial charge in [0.2, 0.25) is 0 Å². The Morgan fingerprint density at radius 3 is 2.71 bits per heavy atom. The second kappa shape index (κ2) is 5.69. The lowest BCUT2D eigenvalue weighted by Crippen LogP contribution is -2.46. The van der Waals surface area contributed by atoms with Crippen molar-refractivity contribution in [1.29, 1.82) is 0 Å². The zero-order valence-electron chi connectivity index (χ0n) is 9.32. The lowest BCUT2D eigenvalue weighted by atomic mass is 9.94. The third-order valence-electron chi connectivity index (χ3n) is 3.28. The van der Waals surface area contributed by atoms with E-state index >= 15 is 0 Å². The van der Waals surface area contributed by atoms with Crippen molar-refractivity contribution in [2.45, 2.75) is 45.3 Å². The highest BCUT2D eigenvalue weighted by molar-refractivity contribution is 4.79. The second-order valence-corrected chi connectivity index (χ2v) is 4.49. The summed E-state index contributed by atoms with van der Waals surface area (Å²) in [5, 5.41) is 18.7. The fraction of sp³-hybridized carbons (Fsp3) is 1.00. The molecule has 1 rings (SSSR count). The molecule has 0 aromatic rings. The average Bonchev–Trinajstić information content (AvgIpc) is 2.21. The minimum absolute atomic E-state index is 0.213. The molecule has 1 fully saturated rings. The molecule has 0 unspecified atom stereocenters. The van der Waals surface area contributed by atoms with E-state index in [2.05, 4.69) is 11.8 Å². The van der Waals surface area contributed by atoms with Crippen LogP contribution in [0.2, 0.25) is 0 Å². The van der Waals surface area contributed by atoms with E-state index in [0.717, 1.165) is 32.4 Å². The summed E-state index contributed by atoms with van der Waals surface area (Å²) in [4.78, 5) is 2.30. The summed E-state index contributed by atoms with van der Waals surface area (Å²) in [7, 11) is 0. The zero-order chi connectivity index (χ0) is 10.6. The van der Waals surface area contributed by atoms with Crippen molar-refractivity contribution in [3.05, 3.63) is 0 Å². The van der Waals surface area contributed by atoms with E-state index in [4.69, 9.17) is 5.11 Å². The van der Waals surface area contributed by atoms with Crippen LogP contribution in [-0.2, 0) is 0 Å². The van der Waals surface area contributed by atoms with E-state index in [1.165, 1.54) is 0 Å². The first-order valence-electron chi connectivity index (χ1n) is 5.70. The van der Waals surface area contributed by atoms with E-state index in [9.17, 15) is 5.11 Å². The smallest absolute Gasteiger partial charge is 0.0664 e. The number of aliphatic hydroxyl groups excluding tert-OH is 2. The molecule has 0 radical (unpaired) electrons. The first-order valence-corrected chi connectivity index (χ1v) is 5.70. The van der Waals surface area contributed by atoms with Crippen molar-refractivity contribution < 1.29 is 10.2 Å². The van der Waals surface area contributed by atoms with Crippen LogP contribution in [0, 0.1) is 5.92 Å². The van der Waals surface area contributed by atoms with E-state index in [0.29, 0.717) is 12.0 Å². The summed E-state index contributed by atoms with van der Waals surface area (Å²) in [5.74, 6) is 0.412. The van der Waals surface area contributed by atoms with Crippen molar-refractivity contribution in [2.24, 2.45) is 5.92 Å². The Bertz CT molecular complexity index is 161. The molecular formula is C11H23NO2. The van der Waals surface area contributed by atoms with Crippen LogP contribution in [-0.4, -0.2) is 47.0 Å². The highest BCUT2D eigenvalue weighted by Crippen LogP contribution is 2.21. The van der Waals surface area contributed by atoms with Crippen LogP contribution < -0.4 is 0 Å². The molecule has 0 bridgehead atoms. The minimum atomic E-state index is -0.213. The van der Waals surface area contributed by atoms with Gasteiger partial charge in [-0.05, 0) is 32.1 Å². The van der Waals surface area contributed by atoms with Gasteiger partial charge in [0, 0.05) is 25.7 Å². The SMILES string of the molecule is CC[C@H](O)CN1C[C@@H](CO)CC[C@H]1C. The molecule has 0 aliphatic carbocycles. The van der Waals surface area contributed by atoms with Crippen molar-refractivity contribution >= 4 is 0 Å². The lowest BCUT2D eigenvalue weighted by molar-refractivity contribution is 0.0376. The third kappa shape index (κ3) is 3.23. The molecule has 14 heavy (non-hydrogen) atoms. The summed E-state index contributed by atoms with van der Waals surface area (Å²) < 4.78 is 0. The zero-order valence-corrected chi connectivity index (χ0v) is 9.32. The first kappa shape index (κ1) is 12.0.